The minimum Gasteiger partial charge on any atom is -0.383 e. The normalized spacial score (nSPS) is 10.9. The molecule has 7 nitrogen and oxygen atoms in total. The molecular formula is C24H16ClN7. The van der Waals surface area contributed by atoms with Crippen LogP contribution in [0.2, 0.25) is 0 Å². The molecule has 0 atom stereocenters. The Labute approximate surface area is 188 Å². The zero-order valence-electron chi connectivity index (χ0n) is 16.8. The van der Waals surface area contributed by atoms with Crippen molar-refractivity contribution < 1.29 is 0 Å². The Balaban J connectivity index is 1.75. The van der Waals surface area contributed by atoms with E-state index in [0.29, 0.717) is 34.4 Å². The van der Waals surface area contributed by atoms with Crippen LogP contribution in [-0.2, 0) is 5.88 Å². The maximum Gasteiger partial charge on any atom is 0.165 e. The molecule has 0 aliphatic rings. The van der Waals surface area contributed by atoms with Gasteiger partial charge in [-0.2, -0.15) is 5.26 Å². The molecule has 0 aliphatic heterocycles. The lowest BCUT2D eigenvalue weighted by Crippen LogP contribution is -2.02. The molecule has 0 aliphatic carbocycles. The lowest BCUT2D eigenvalue weighted by molar-refractivity contribution is 1.07. The second kappa shape index (κ2) is 8.10. The van der Waals surface area contributed by atoms with Gasteiger partial charge in [-0.15, -0.1) is 11.6 Å². The van der Waals surface area contributed by atoms with Crippen LogP contribution < -0.4 is 5.73 Å². The van der Waals surface area contributed by atoms with Crippen LogP contribution in [0.3, 0.4) is 0 Å². The number of halogens is 1. The molecule has 4 heterocycles. The number of pyridine rings is 3. The number of aromatic nitrogens is 5. The van der Waals surface area contributed by atoms with Crippen molar-refractivity contribution in [3.63, 3.8) is 0 Å². The fourth-order valence-corrected chi connectivity index (χ4v) is 3.67. The fraction of sp³-hybridized carbons (Fsp3) is 0.0417. The Kier molecular flexibility index (Phi) is 4.98. The zero-order chi connectivity index (χ0) is 22.1. The van der Waals surface area contributed by atoms with Crippen LogP contribution in [-0.4, -0.2) is 24.5 Å². The number of hydrogen-bond acceptors (Lipinski definition) is 6. The van der Waals surface area contributed by atoms with Gasteiger partial charge in [-0.05, 0) is 54.1 Å². The highest BCUT2D eigenvalue weighted by Gasteiger charge is 2.18. The minimum absolute atomic E-state index is 0.355. The van der Waals surface area contributed by atoms with Gasteiger partial charge < -0.3 is 5.73 Å². The molecule has 32 heavy (non-hydrogen) atoms. The predicted octanol–water partition coefficient (Wildman–Crippen LogP) is 4.74. The van der Waals surface area contributed by atoms with Gasteiger partial charge in [0, 0.05) is 29.5 Å². The van der Waals surface area contributed by atoms with Crippen LogP contribution in [0.15, 0.2) is 73.1 Å². The molecule has 4 aromatic heterocycles. The molecule has 0 radical (unpaired) electrons. The van der Waals surface area contributed by atoms with Gasteiger partial charge >= 0.3 is 0 Å². The molecule has 5 aromatic rings. The smallest absolute Gasteiger partial charge is 0.165 e. The number of fused-ring (bicyclic) bond motifs is 1. The monoisotopic (exact) mass is 437 g/mol. The second-order valence-electron chi connectivity index (χ2n) is 7.09. The molecule has 0 unspecified atom stereocenters. The van der Waals surface area contributed by atoms with Crippen molar-refractivity contribution >= 4 is 28.6 Å². The van der Waals surface area contributed by atoms with Crippen LogP contribution in [0, 0.1) is 11.3 Å². The minimum atomic E-state index is 0.355. The van der Waals surface area contributed by atoms with Crippen LogP contribution in [0.25, 0.3) is 39.5 Å². The molecule has 1 aromatic carbocycles. The van der Waals surface area contributed by atoms with E-state index >= 15 is 0 Å². The fourth-order valence-electron chi connectivity index (χ4n) is 3.50. The van der Waals surface area contributed by atoms with Crippen LogP contribution in [0.5, 0.6) is 0 Å². The van der Waals surface area contributed by atoms with Gasteiger partial charge in [0.15, 0.2) is 11.5 Å². The quantitative estimate of drug-likeness (QED) is 0.407. The largest absolute Gasteiger partial charge is 0.383 e. The highest BCUT2D eigenvalue weighted by Crippen LogP contribution is 2.31. The van der Waals surface area contributed by atoms with Crippen LogP contribution in [0.4, 0.5) is 5.82 Å². The Hall–Kier alpha value is -4.28. The van der Waals surface area contributed by atoms with Gasteiger partial charge in [-0.1, -0.05) is 12.1 Å². The van der Waals surface area contributed by atoms with Gasteiger partial charge in [0.25, 0.3) is 0 Å². The van der Waals surface area contributed by atoms with Crippen molar-refractivity contribution in [2.75, 3.05) is 5.73 Å². The summed E-state index contributed by atoms with van der Waals surface area (Å²) in [7, 11) is 0. The number of benzene rings is 1. The molecule has 0 saturated carbocycles. The number of nitriles is 1. The number of alkyl halides is 1. The molecule has 0 bridgehead atoms. The summed E-state index contributed by atoms with van der Waals surface area (Å²) < 4.78 is 1.96. The van der Waals surface area contributed by atoms with Crippen molar-refractivity contribution in [1.82, 2.24) is 24.5 Å². The lowest BCUT2D eigenvalue weighted by atomic mass is 10.2. The summed E-state index contributed by atoms with van der Waals surface area (Å²) >= 11 is 5.98. The molecule has 8 heteroatoms. The molecule has 5 rings (SSSR count). The van der Waals surface area contributed by atoms with Gasteiger partial charge in [0.1, 0.15) is 23.1 Å². The molecule has 0 saturated heterocycles. The summed E-state index contributed by atoms with van der Waals surface area (Å²) in [6, 6.07) is 20.9. The average molecular weight is 438 g/mol. The molecule has 0 spiro atoms. The van der Waals surface area contributed by atoms with E-state index in [-0.39, 0.29) is 0 Å². The van der Waals surface area contributed by atoms with E-state index in [1.165, 1.54) is 0 Å². The second-order valence-corrected chi connectivity index (χ2v) is 7.36. The van der Waals surface area contributed by atoms with Crippen molar-refractivity contribution in [2.24, 2.45) is 0 Å². The highest BCUT2D eigenvalue weighted by atomic mass is 35.5. The standard InChI is InChI=1S/C24H16ClN7/c25-12-15-3-7-18(8-4-15)32-23(19-2-1-11-28-22(19)27)31-21-10-9-20(30-24(21)32)16-5-6-17(13-26)29-14-16/h1-11,14H,12H2,(H2,27,28). The third kappa shape index (κ3) is 3.43. The molecule has 2 N–H and O–H groups in total. The van der Waals surface area contributed by atoms with Gasteiger partial charge in [-0.25, -0.2) is 19.9 Å². The van der Waals surface area contributed by atoms with Crippen molar-refractivity contribution in [2.45, 2.75) is 5.88 Å². The van der Waals surface area contributed by atoms with E-state index in [9.17, 15) is 0 Å². The third-order valence-electron chi connectivity index (χ3n) is 5.11. The summed E-state index contributed by atoms with van der Waals surface area (Å²) in [5, 5.41) is 9.01. The van der Waals surface area contributed by atoms with Gasteiger partial charge in [0.05, 0.1) is 11.3 Å². The van der Waals surface area contributed by atoms with Gasteiger partial charge in [-0.3, -0.25) is 4.57 Å². The Bertz CT molecular complexity index is 1470. The maximum atomic E-state index is 9.01. The Morgan fingerprint density at radius 1 is 0.969 bits per heavy atom. The average Bonchev–Trinajstić information content (AvgIpc) is 3.23. The summed E-state index contributed by atoms with van der Waals surface area (Å²) in [5.41, 5.74) is 12.1. The molecule has 0 amide bonds. The van der Waals surface area contributed by atoms with Crippen LogP contribution >= 0.6 is 11.6 Å². The highest BCUT2D eigenvalue weighted by molar-refractivity contribution is 6.17. The van der Waals surface area contributed by atoms with E-state index in [0.717, 1.165) is 28.0 Å². The van der Waals surface area contributed by atoms with Crippen molar-refractivity contribution in [3.05, 3.63) is 84.3 Å². The van der Waals surface area contributed by atoms with Gasteiger partial charge in [0.2, 0.25) is 0 Å². The van der Waals surface area contributed by atoms with E-state index in [1.54, 1.807) is 18.5 Å². The molecule has 154 valence electrons. The Morgan fingerprint density at radius 2 is 1.81 bits per heavy atom. The summed E-state index contributed by atoms with van der Waals surface area (Å²) in [5.74, 6) is 1.46. The first-order chi connectivity index (χ1) is 15.7. The third-order valence-corrected chi connectivity index (χ3v) is 5.42. The molecular weight excluding hydrogens is 422 g/mol. The number of nitrogen functional groups attached to an aromatic ring is 1. The molecule has 0 fully saturated rings. The summed E-state index contributed by atoms with van der Waals surface area (Å²) in [4.78, 5) is 18.1. The van der Waals surface area contributed by atoms with Crippen LogP contribution in [0.1, 0.15) is 11.3 Å². The number of nitrogens with zero attached hydrogens (tertiary/aromatic N) is 6. The van der Waals surface area contributed by atoms with E-state index < -0.39 is 0 Å². The Morgan fingerprint density at radius 3 is 2.50 bits per heavy atom. The van der Waals surface area contributed by atoms with E-state index in [1.807, 2.05) is 65.2 Å². The first-order valence-corrected chi connectivity index (χ1v) is 10.3. The summed E-state index contributed by atoms with van der Waals surface area (Å²) in [6.07, 6.45) is 3.29. The first-order valence-electron chi connectivity index (χ1n) is 9.80. The van der Waals surface area contributed by atoms with E-state index in [4.69, 9.17) is 32.6 Å². The van der Waals surface area contributed by atoms with E-state index in [2.05, 4.69) is 9.97 Å². The number of hydrogen-bond donors (Lipinski definition) is 1. The lowest BCUT2D eigenvalue weighted by Gasteiger charge is -2.11. The maximum absolute atomic E-state index is 9.01. The first kappa shape index (κ1) is 19.7. The predicted molar refractivity (Wildman–Crippen MR) is 124 cm³/mol. The number of rotatable bonds is 4. The topological polar surface area (TPSA) is 106 Å². The SMILES string of the molecule is N#Cc1ccc(-c2ccc3nc(-c4cccnc4N)n(-c4ccc(CCl)cc4)c3n2)cn1. The number of anilines is 1. The number of nitrogens with two attached hydrogens (primary N) is 1. The van der Waals surface area contributed by atoms with Crippen molar-refractivity contribution in [1.29, 1.82) is 5.26 Å². The summed E-state index contributed by atoms with van der Waals surface area (Å²) in [6.45, 7) is 0. The van der Waals surface area contributed by atoms with Crippen molar-refractivity contribution in [3.8, 4) is 34.4 Å². The number of imidazole rings is 1. The zero-order valence-corrected chi connectivity index (χ0v) is 17.5.